The fourth-order valence-electron chi connectivity index (χ4n) is 1.17. The number of phenolic OH excluding ortho intramolecular Hbond substituents is 1. The first-order valence-corrected chi connectivity index (χ1v) is 5.43. The van der Waals surface area contributed by atoms with Crippen LogP contribution >= 0.6 is 22.6 Å². The number of halogens is 1. The highest BCUT2D eigenvalue weighted by Crippen LogP contribution is 2.21. The van der Waals surface area contributed by atoms with E-state index in [1.807, 2.05) is 28.7 Å². The molecular formula is C10H12INO3. The third kappa shape index (κ3) is 3.35. The minimum Gasteiger partial charge on any atom is -0.507 e. The van der Waals surface area contributed by atoms with Crippen molar-refractivity contribution in [1.29, 1.82) is 0 Å². The van der Waals surface area contributed by atoms with Crippen LogP contribution in [0.25, 0.3) is 0 Å². The molecule has 0 saturated heterocycles. The van der Waals surface area contributed by atoms with Crippen LogP contribution in [0.3, 0.4) is 0 Å². The van der Waals surface area contributed by atoms with Crippen LogP contribution in [0.2, 0.25) is 0 Å². The molecule has 0 aliphatic rings. The second-order valence-corrected chi connectivity index (χ2v) is 4.28. The van der Waals surface area contributed by atoms with Gasteiger partial charge in [0, 0.05) is 0 Å². The SMILES string of the molecule is COC(=O)C(N)Cc1ccc(I)c(O)c1. The van der Waals surface area contributed by atoms with E-state index in [1.54, 1.807) is 12.1 Å². The zero-order chi connectivity index (χ0) is 11.4. The predicted octanol–water partition coefficient (Wildman–Crippen LogP) is 1.04. The molecule has 3 N–H and O–H groups in total. The molecule has 1 atom stereocenters. The van der Waals surface area contributed by atoms with Gasteiger partial charge < -0.3 is 15.6 Å². The van der Waals surface area contributed by atoms with E-state index in [9.17, 15) is 9.90 Å². The van der Waals surface area contributed by atoms with E-state index >= 15 is 0 Å². The molecule has 1 aromatic rings. The molecule has 0 amide bonds. The lowest BCUT2D eigenvalue weighted by atomic mass is 10.1. The number of phenols is 1. The summed E-state index contributed by atoms with van der Waals surface area (Å²) in [5.41, 5.74) is 6.40. The maximum atomic E-state index is 11.1. The van der Waals surface area contributed by atoms with Gasteiger partial charge in [0.25, 0.3) is 0 Å². The molecule has 0 aliphatic heterocycles. The average molecular weight is 321 g/mol. The molecular weight excluding hydrogens is 309 g/mol. The summed E-state index contributed by atoms with van der Waals surface area (Å²) in [5, 5.41) is 9.44. The molecule has 0 bridgehead atoms. The molecule has 0 saturated carbocycles. The van der Waals surface area contributed by atoms with Crippen LogP contribution in [0.4, 0.5) is 0 Å². The van der Waals surface area contributed by atoms with Gasteiger partial charge >= 0.3 is 5.97 Å². The minimum atomic E-state index is -0.686. The van der Waals surface area contributed by atoms with Gasteiger partial charge in [0.2, 0.25) is 0 Å². The second-order valence-electron chi connectivity index (χ2n) is 3.12. The molecule has 15 heavy (non-hydrogen) atoms. The van der Waals surface area contributed by atoms with E-state index in [-0.39, 0.29) is 5.75 Å². The third-order valence-corrected chi connectivity index (χ3v) is 2.88. The normalized spacial score (nSPS) is 12.2. The van der Waals surface area contributed by atoms with Crippen molar-refractivity contribution in [3.8, 4) is 5.75 Å². The first-order valence-electron chi connectivity index (χ1n) is 4.35. The van der Waals surface area contributed by atoms with Crippen molar-refractivity contribution >= 4 is 28.6 Å². The van der Waals surface area contributed by atoms with Crippen molar-refractivity contribution in [2.45, 2.75) is 12.5 Å². The first kappa shape index (κ1) is 12.3. The zero-order valence-corrected chi connectivity index (χ0v) is 10.4. The molecule has 4 nitrogen and oxygen atoms in total. The Morgan fingerprint density at radius 2 is 2.33 bits per heavy atom. The lowest BCUT2D eigenvalue weighted by Crippen LogP contribution is -2.33. The van der Waals surface area contributed by atoms with Gasteiger partial charge in [-0.15, -0.1) is 0 Å². The lowest BCUT2D eigenvalue weighted by Gasteiger charge is -2.09. The van der Waals surface area contributed by atoms with Crippen LogP contribution in [-0.2, 0) is 16.0 Å². The molecule has 0 aliphatic carbocycles. The van der Waals surface area contributed by atoms with E-state index in [1.165, 1.54) is 7.11 Å². The van der Waals surface area contributed by atoms with Crippen LogP contribution in [0.5, 0.6) is 5.75 Å². The van der Waals surface area contributed by atoms with Gasteiger partial charge in [-0.3, -0.25) is 4.79 Å². The number of hydrogen-bond donors (Lipinski definition) is 2. The molecule has 1 rings (SSSR count). The summed E-state index contributed by atoms with van der Waals surface area (Å²) in [4.78, 5) is 11.1. The Kier molecular flexibility index (Phi) is 4.34. The Bertz CT molecular complexity index is 368. The highest BCUT2D eigenvalue weighted by Gasteiger charge is 2.14. The Morgan fingerprint density at radius 1 is 1.67 bits per heavy atom. The van der Waals surface area contributed by atoms with Crippen LogP contribution in [0.15, 0.2) is 18.2 Å². The third-order valence-electron chi connectivity index (χ3n) is 1.97. The minimum absolute atomic E-state index is 0.199. The van der Waals surface area contributed by atoms with Crippen LogP contribution in [-0.4, -0.2) is 24.2 Å². The molecule has 0 fully saturated rings. The standard InChI is InChI=1S/C10H12INO3/c1-15-10(14)8(12)4-6-2-3-7(11)9(13)5-6/h2-3,5,8,13H,4,12H2,1H3. The maximum absolute atomic E-state index is 11.1. The number of ether oxygens (including phenoxy) is 1. The summed E-state index contributed by atoms with van der Waals surface area (Å²) in [5.74, 6) is -0.252. The summed E-state index contributed by atoms with van der Waals surface area (Å²) in [6.07, 6.45) is 0.358. The quantitative estimate of drug-likeness (QED) is 0.644. The van der Waals surface area contributed by atoms with Gasteiger partial charge in [-0.2, -0.15) is 0 Å². The second kappa shape index (κ2) is 5.32. The van der Waals surface area contributed by atoms with E-state index in [0.717, 1.165) is 9.13 Å². The number of carbonyl (C=O) groups is 1. The van der Waals surface area contributed by atoms with Crippen LogP contribution in [0.1, 0.15) is 5.56 Å². The van der Waals surface area contributed by atoms with E-state index in [4.69, 9.17) is 5.73 Å². The van der Waals surface area contributed by atoms with E-state index in [2.05, 4.69) is 4.74 Å². The number of esters is 1. The van der Waals surface area contributed by atoms with E-state index < -0.39 is 12.0 Å². The Balaban J connectivity index is 2.73. The number of rotatable bonds is 3. The van der Waals surface area contributed by atoms with E-state index in [0.29, 0.717) is 6.42 Å². The highest BCUT2D eigenvalue weighted by molar-refractivity contribution is 14.1. The molecule has 0 aromatic heterocycles. The van der Waals surface area contributed by atoms with Crippen molar-refractivity contribution in [3.63, 3.8) is 0 Å². The Hall–Kier alpha value is -0.820. The van der Waals surface area contributed by atoms with Gasteiger partial charge in [0.1, 0.15) is 11.8 Å². The van der Waals surface area contributed by atoms with Gasteiger partial charge in [-0.25, -0.2) is 0 Å². The molecule has 0 heterocycles. The monoisotopic (exact) mass is 321 g/mol. The van der Waals surface area contributed by atoms with Gasteiger partial charge in [-0.1, -0.05) is 6.07 Å². The number of hydrogen-bond acceptors (Lipinski definition) is 4. The fraction of sp³-hybridized carbons (Fsp3) is 0.300. The summed E-state index contributed by atoms with van der Waals surface area (Å²) in [6.45, 7) is 0. The largest absolute Gasteiger partial charge is 0.507 e. The number of aromatic hydroxyl groups is 1. The Labute approximate surface area is 102 Å². The molecule has 1 unspecified atom stereocenters. The van der Waals surface area contributed by atoms with Gasteiger partial charge in [-0.05, 0) is 46.7 Å². The molecule has 0 radical (unpaired) electrons. The van der Waals surface area contributed by atoms with Crippen molar-refractivity contribution in [2.75, 3.05) is 7.11 Å². The van der Waals surface area contributed by atoms with Crippen molar-refractivity contribution < 1.29 is 14.6 Å². The molecule has 82 valence electrons. The molecule has 5 heteroatoms. The van der Waals surface area contributed by atoms with Crippen molar-refractivity contribution in [2.24, 2.45) is 5.73 Å². The topological polar surface area (TPSA) is 72.5 Å². The van der Waals surface area contributed by atoms with Crippen molar-refractivity contribution in [3.05, 3.63) is 27.3 Å². The number of methoxy groups -OCH3 is 1. The Morgan fingerprint density at radius 3 is 2.87 bits per heavy atom. The fourth-order valence-corrected chi connectivity index (χ4v) is 1.51. The highest BCUT2D eigenvalue weighted by atomic mass is 127. The van der Waals surface area contributed by atoms with Gasteiger partial charge in [0.15, 0.2) is 0 Å². The number of benzene rings is 1. The van der Waals surface area contributed by atoms with Crippen LogP contribution < -0.4 is 5.73 Å². The maximum Gasteiger partial charge on any atom is 0.322 e. The summed E-state index contributed by atoms with van der Waals surface area (Å²) >= 11 is 2.02. The lowest BCUT2D eigenvalue weighted by molar-refractivity contribution is -0.142. The predicted molar refractivity (Wildman–Crippen MR) is 64.5 cm³/mol. The average Bonchev–Trinajstić information content (AvgIpc) is 2.22. The summed E-state index contributed by atoms with van der Waals surface area (Å²) < 4.78 is 5.28. The zero-order valence-electron chi connectivity index (χ0n) is 8.24. The number of nitrogens with two attached hydrogens (primary N) is 1. The summed E-state index contributed by atoms with van der Waals surface area (Å²) in [7, 11) is 1.30. The van der Waals surface area contributed by atoms with Gasteiger partial charge in [0.05, 0.1) is 10.7 Å². The number of carbonyl (C=O) groups excluding carboxylic acids is 1. The smallest absolute Gasteiger partial charge is 0.322 e. The van der Waals surface area contributed by atoms with Crippen LogP contribution in [0, 0.1) is 3.57 Å². The molecule has 0 spiro atoms. The van der Waals surface area contributed by atoms with Crippen molar-refractivity contribution in [1.82, 2.24) is 0 Å². The first-order chi connectivity index (χ1) is 7.04. The summed E-state index contributed by atoms with van der Waals surface area (Å²) in [6, 6.07) is 4.51. The molecule has 1 aromatic carbocycles.